The Hall–Kier alpha value is -2.09. The summed E-state index contributed by atoms with van der Waals surface area (Å²) in [5.74, 6) is -6.28. The van der Waals surface area contributed by atoms with Crippen molar-refractivity contribution in [1.82, 2.24) is 9.80 Å². The molecule has 3 aliphatic rings. The van der Waals surface area contributed by atoms with Gasteiger partial charge in [0.15, 0.2) is 11.6 Å². The fourth-order valence-corrected chi connectivity index (χ4v) is 4.99. The van der Waals surface area contributed by atoms with E-state index in [0.717, 1.165) is 30.6 Å². The molecule has 0 radical (unpaired) electrons. The number of carboxylic acid groups (broad SMARTS) is 1. The van der Waals surface area contributed by atoms with Crippen LogP contribution in [0.15, 0.2) is 12.1 Å². The van der Waals surface area contributed by atoms with Crippen LogP contribution in [0.2, 0.25) is 0 Å². The summed E-state index contributed by atoms with van der Waals surface area (Å²) in [7, 11) is 0. The SMILES string of the molecule is O=C(c1c(F)ccc(F)c1F)N1C[C@H]2CN(C3CCCC3)C[C@@]2(C(=O)O)C1. The molecule has 2 aliphatic heterocycles. The Labute approximate surface area is 154 Å². The number of rotatable bonds is 3. The van der Waals surface area contributed by atoms with Gasteiger partial charge in [-0.1, -0.05) is 12.8 Å². The van der Waals surface area contributed by atoms with Crippen molar-refractivity contribution >= 4 is 11.9 Å². The molecule has 4 rings (SSSR count). The minimum absolute atomic E-state index is 0.101. The fourth-order valence-electron chi connectivity index (χ4n) is 4.99. The third kappa shape index (κ3) is 2.81. The molecule has 0 unspecified atom stereocenters. The molecule has 0 bridgehead atoms. The first-order valence-electron chi connectivity index (χ1n) is 9.23. The summed E-state index contributed by atoms with van der Waals surface area (Å²) in [4.78, 5) is 28.1. The summed E-state index contributed by atoms with van der Waals surface area (Å²) in [5, 5.41) is 9.89. The quantitative estimate of drug-likeness (QED) is 0.816. The number of likely N-dealkylation sites (tertiary alicyclic amines) is 2. The normalized spacial score (nSPS) is 28.7. The second-order valence-electron chi connectivity index (χ2n) is 7.93. The summed E-state index contributed by atoms with van der Waals surface area (Å²) >= 11 is 0. The number of aliphatic carboxylic acids is 1. The van der Waals surface area contributed by atoms with Crippen molar-refractivity contribution < 1.29 is 27.9 Å². The lowest BCUT2D eigenvalue weighted by atomic mass is 9.81. The van der Waals surface area contributed by atoms with Gasteiger partial charge in [0.05, 0.1) is 0 Å². The van der Waals surface area contributed by atoms with Gasteiger partial charge in [0, 0.05) is 38.1 Å². The molecule has 0 aromatic heterocycles. The standard InChI is InChI=1S/C19H21F3N2O3/c20-13-5-6-14(21)16(22)15(13)17(25)24-8-11-7-23(12-3-1-2-4-12)9-19(11,10-24)18(26)27/h5-6,11-12H,1-4,7-10H2,(H,26,27)/t11-,19-/m1/s1. The number of nitrogens with zero attached hydrogens (tertiary/aromatic N) is 2. The molecule has 3 fully saturated rings. The molecule has 1 N–H and O–H groups in total. The number of halogens is 3. The smallest absolute Gasteiger partial charge is 0.313 e. The Morgan fingerprint density at radius 2 is 1.70 bits per heavy atom. The molecule has 1 saturated carbocycles. The van der Waals surface area contributed by atoms with Crippen LogP contribution in [-0.4, -0.2) is 59.0 Å². The van der Waals surface area contributed by atoms with Gasteiger partial charge in [-0.3, -0.25) is 14.5 Å². The lowest BCUT2D eigenvalue weighted by molar-refractivity contribution is -0.148. The van der Waals surface area contributed by atoms with Crippen LogP contribution >= 0.6 is 0 Å². The fraction of sp³-hybridized carbons (Fsp3) is 0.579. The zero-order valence-electron chi connectivity index (χ0n) is 14.8. The number of carboxylic acids is 1. The maximum atomic E-state index is 14.0. The van der Waals surface area contributed by atoms with Gasteiger partial charge in [-0.2, -0.15) is 0 Å². The summed E-state index contributed by atoms with van der Waals surface area (Å²) in [6, 6.07) is 1.70. The van der Waals surface area contributed by atoms with E-state index < -0.39 is 40.3 Å². The van der Waals surface area contributed by atoms with Gasteiger partial charge in [0.25, 0.3) is 5.91 Å². The number of fused-ring (bicyclic) bond motifs is 1. The molecule has 2 saturated heterocycles. The number of amides is 1. The molecule has 146 valence electrons. The number of carbonyl (C=O) groups is 2. The third-order valence-electron chi connectivity index (χ3n) is 6.45. The average molecular weight is 382 g/mol. The number of carbonyl (C=O) groups excluding carboxylic acids is 1. The van der Waals surface area contributed by atoms with Crippen molar-refractivity contribution in [3.8, 4) is 0 Å². The van der Waals surface area contributed by atoms with Crippen molar-refractivity contribution in [3.63, 3.8) is 0 Å². The second kappa shape index (κ2) is 6.51. The molecular formula is C19H21F3N2O3. The average Bonchev–Trinajstić information content (AvgIpc) is 3.31. The van der Waals surface area contributed by atoms with E-state index in [0.29, 0.717) is 31.3 Å². The highest BCUT2D eigenvalue weighted by atomic mass is 19.2. The summed E-state index contributed by atoms with van der Waals surface area (Å²) in [5.41, 5.74) is -2.10. The molecule has 8 heteroatoms. The van der Waals surface area contributed by atoms with Crippen molar-refractivity contribution in [2.24, 2.45) is 11.3 Å². The highest BCUT2D eigenvalue weighted by Crippen LogP contribution is 2.45. The van der Waals surface area contributed by atoms with Gasteiger partial charge in [0.2, 0.25) is 0 Å². The van der Waals surface area contributed by atoms with E-state index in [9.17, 15) is 27.9 Å². The van der Waals surface area contributed by atoms with Crippen LogP contribution < -0.4 is 0 Å². The molecule has 1 amide bonds. The maximum absolute atomic E-state index is 14.0. The highest BCUT2D eigenvalue weighted by molar-refractivity contribution is 5.95. The molecule has 5 nitrogen and oxygen atoms in total. The number of benzene rings is 1. The first kappa shape index (κ1) is 18.3. The minimum atomic E-state index is -1.53. The third-order valence-corrected chi connectivity index (χ3v) is 6.45. The first-order chi connectivity index (χ1) is 12.8. The molecule has 1 aliphatic carbocycles. The van der Waals surface area contributed by atoms with Gasteiger partial charge < -0.3 is 10.0 Å². The molecule has 27 heavy (non-hydrogen) atoms. The van der Waals surface area contributed by atoms with E-state index in [2.05, 4.69) is 4.90 Å². The van der Waals surface area contributed by atoms with Crippen LogP contribution in [0.4, 0.5) is 13.2 Å². The predicted octanol–water partition coefficient (Wildman–Crippen LogP) is 2.51. The van der Waals surface area contributed by atoms with E-state index in [1.54, 1.807) is 0 Å². The van der Waals surface area contributed by atoms with E-state index in [4.69, 9.17) is 0 Å². The monoisotopic (exact) mass is 382 g/mol. The maximum Gasteiger partial charge on any atom is 0.313 e. The van der Waals surface area contributed by atoms with Gasteiger partial charge in [-0.15, -0.1) is 0 Å². The lowest BCUT2D eigenvalue weighted by Gasteiger charge is -2.28. The first-order valence-corrected chi connectivity index (χ1v) is 9.23. The van der Waals surface area contributed by atoms with Crippen molar-refractivity contribution in [1.29, 1.82) is 0 Å². The van der Waals surface area contributed by atoms with Crippen molar-refractivity contribution in [2.45, 2.75) is 31.7 Å². The summed E-state index contributed by atoms with van der Waals surface area (Å²) in [6.45, 7) is 0.860. The van der Waals surface area contributed by atoms with E-state index in [-0.39, 0.29) is 19.0 Å². The Kier molecular flexibility index (Phi) is 4.41. The molecule has 0 spiro atoms. The van der Waals surface area contributed by atoms with E-state index in [1.165, 1.54) is 0 Å². The Morgan fingerprint density at radius 1 is 1.04 bits per heavy atom. The van der Waals surface area contributed by atoms with E-state index in [1.807, 2.05) is 0 Å². The van der Waals surface area contributed by atoms with Crippen LogP contribution in [0.1, 0.15) is 36.0 Å². The van der Waals surface area contributed by atoms with Crippen LogP contribution in [0.25, 0.3) is 0 Å². The van der Waals surface area contributed by atoms with Gasteiger partial charge in [-0.25, -0.2) is 13.2 Å². The van der Waals surface area contributed by atoms with Crippen LogP contribution in [-0.2, 0) is 4.79 Å². The molecule has 2 atom stereocenters. The second-order valence-corrected chi connectivity index (χ2v) is 7.93. The van der Waals surface area contributed by atoms with Crippen molar-refractivity contribution in [2.75, 3.05) is 26.2 Å². The number of hydrogen-bond acceptors (Lipinski definition) is 3. The number of hydrogen-bond donors (Lipinski definition) is 1. The molecule has 2 heterocycles. The predicted molar refractivity (Wildman–Crippen MR) is 89.6 cm³/mol. The Bertz CT molecular complexity index is 797. The van der Waals surface area contributed by atoms with Crippen molar-refractivity contribution in [3.05, 3.63) is 35.1 Å². The van der Waals surface area contributed by atoms with Gasteiger partial charge >= 0.3 is 5.97 Å². The molecule has 1 aromatic carbocycles. The largest absolute Gasteiger partial charge is 0.481 e. The van der Waals surface area contributed by atoms with Crippen LogP contribution in [0.5, 0.6) is 0 Å². The van der Waals surface area contributed by atoms with E-state index >= 15 is 0 Å². The van der Waals surface area contributed by atoms with Crippen LogP contribution in [0, 0.1) is 28.8 Å². The Morgan fingerprint density at radius 3 is 2.33 bits per heavy atom. The topological polar surface area (TPSA) is 60.9 Å². The minimum Gasteiger partial charge on any atom is -0.481 e. The zero-order valence-corrected chi connectivity index (χ0v) is 14.8. The van der Waals surface area contributed by atoms with Gasteiger partial charge in [0.1, 0.15) is 16.8 Å². The van der Waals surface area contributed by atoms with Gasteiger partial charge in [-0.05, 0) is 25.0 Å². The Balaban J connectivity index is 1.58. The molecular weight excluding hydrogens is 361 g/mol. The highest BCUT2D eigenvalue weighted by Gasteiger charge is 2.59. The van der Waals surface area contributed by atoms with Crippen LogP contribution in [0.3, 0.4) is 0 Å². The summed E-state index contributed by atoms with van der Waals surface area (Å²) < 4.78 is 41.4. The summed E-state index contributed by atoms with van der Waals surface area (Å²) in [6.07, 6.45) is 4.36. The zero-order chi connectivity index (χ0) is 19.3. The molecule has 1 aromatic rings. The lowest BCUT2D eigenvalue weighted by Crippen LogP contribution is -2.43.